The summed E-state index contributed by atoms with van der Waals surface area (Å²) in [6.45, 7) is 33.9. The molecule has 0 aliphatic carbocycles. The Morgan fingerprint density at radius 1 is 0.613 bits per heavy atom. The topological polar surface area (TPSA) is 181 Å². The minimum absolute atomic E-state index is 0.00280. The van der Waals surface area contributed by atoms with Crippen molar-refractivity contribution in [3.05, 3.63) is 46.8 Å². The summed E-state index contributed by atoms with van der Waals surface area (Å²) in [5.41, 5.74) is 0.663. The number of rotatable bonds is 12. The van der Waals surface area contributed by atoms with Gasteiger partial charge in [-0.25, -0.2) is 29.1 Å². The van der Waals surface area contributed by atoms with Crippen LogP contribution in [-0.4, -0.2) is 144 Å². The summed E-state index contributed by atoms with van der Waals surface area (Å²) in [6, 6.07) is 3.65. The lowest BCUT2D eigenvalue weighted by Gasteiger charge is -2.36. The molecular formula is C56H89ClN6O12. The zero-order valence-electron chi connectivity index (χ0n) is 48.0. The number of aryl methyl sites for hydroxylation is 1. The normalized spacial score (nSPS) is 19.6. The Hall–Kier alpha value is -5.07. The monoisotopic (exact) mass is 1070 g/mol. The molecule has 18 nitrogen and oxygen atoms in total. The van der Waals surface area contributed by atoms with Gasteiger partial charge in [-0.05, 0) is 161 Å². The van der Waals surface area contributed by atoms with Crippen LogP contribution in [0.2, 0.25) is 5.15 Å². The van der Waals surface area contributed by atoms with Gasteiger partial charge in [-0.1, -0.05) is 17.7 Å². The largest absolute Gasteiger partial charge is 0.496 e. The van der Waals surface area contributed by atoms with Crippen molar-refractivity contribution in [1.29, 1.82) is 0 Å². The number of hydrogen-bond acceptors (Lipinski definition) is 14. The van der Waals surface area contributed by atoms with E-state index < -0.39 is 28.5 Å². The third kappa shape index (κ3) is 20.1. The summed E-state index contributed by atoms with van der Waals surface area (Å²) in [4.78, 5) is 65.4. The second-order valence-electron chi connectivity index (χ2n) is 23.5. The van der Waals surface area contributed by atoms with Gasteiger partial charge in [0.25, 0.3) is 0 Å². The van der Waals surface area contributed by atoms with Crippen LogP contribution in [0, 0.1) is 0 Å². The van der Waals surface area contributed by atoms with Crippen LogP contribution in [0.4, 0.5) is 30.8 Å². The smallest absolute Gasteiger partial charge is 0.416 e. The lowest BCUT2D eigenvalue weighted by atomic mass is 9.98. The van der Waals surface area contributed by atoms with Crippen LogP contribution in [0.5, 0.6) is 11.5 Å². The molecular weight excluding hydrogens is 984 g/mol. The Morgan fingerprint density at radius 3 is 1.45 bits per heavy atom. The molecule has 4 aliphatic heterocycles. The fourth-order valence-electron chi connectivity index (χ4n) is 8.68. The molecule has 75 heavy (non-hydrogen) atoms. The molecule has 0 radical (unpaired) electrons. The van der Waals surface area contributed by atoms with Gasteiger partial charge in [0.2, 0.25) is 0 Å². The number of hydrogen-bond donors (Lipinski definition) is 0. The highest BCUT2D eigenvalue weighted by Crippen LogP contribution is 2.39. The third-order valence-electron chi connectivity index (χ3n) is 12.2. The van der Waals surface area contributed by atoms with Crippen LogP contribution in [-0.2, 0) is 47.7 Å². The summed E-state index contributed by atoms with van der Waals surface area (Å²) in [5.74, 6) is 2.61. The second kappa shape index (κ2) is 27.3. The highest BCUT2D eigenvalue weighted by atomic mass is 35.5. The van der Waals surface area contributed by atoms with Gasteiger partial charge >= 0.3 is 24.4 Å². The van der Waals surface area contributed by atoms with E-state index in [0.717, 1.165) is 86.8 Å². The van der Waals surface area contributed by atoms with Gasteiger partial charge < -0.3 is 47.7 Å². The quantitative estimate of drug-likeness (QED) is 0.0847. The highest BCUT2D eigenvalue weighted by molar-refractivity contribution is 6.29. The molecule has 0 saturated carbocycles. The molecule has 6 heterocycles. The third-order valence-corrected chi connectivity index (χ3v) is 12.4. The van der Waals surface area contributed by atoms with Crippen molar-refractivity contribution in [3.8, 4) is 11.5 Å². The first-order chi connectivity index (χ1) is 34.9. The molecule has 0 aromatic carbocycles. The van der Waals surface area contributed by atoms with Crippen LogP contribution >= 0.6 is 11.6 Å². The van der Waals surface area contributed by atoms with Crippen molar-refractivity contribution in [2.45, 2.75) is 208 Å². The number of anilines is 2. The van der Waals surface area contributed by atoms with E-state index in [0.29, 0.717) is 61.9 Å². The Labute approximate surface area is 452 Å². The summed E-state index contributed by atoms with van der Waals surface area (Å²) in [6.07, 6.45) is 9.03. The number of unbranched alkanes of at least 4 members (excludes halogenated alkanes) is 1. The van der Waals surface area contributed by atoms with E-state index in [-0.39, 0.29) is 42.6 Å². The molecule has 4 atom stereocenters. The van der Waals surface area contributed by atoms with Gasteiger partial charge in [0, 0.05) is 60.7 Å². The van der Waals surface area contributed by atoms with E-state index in [1.807, 2.05) is 109 Å². The molecule has 0 bridgehead atoms. The van der Waals surface area contributed by atoms with Crippen LogP contribution in [0.1, 0.15) is 159 Å². The van der Waals surface area contributed by atoms with Crippen molar-refractivity contribution in [1.82, 2.24) is 19.8 Å². The number of halogens is 1. The van der Waals surface area contributed by atoms with Crippen molar-refractivity contribution >= 4 is 47.6 Å². The summed E-state index contributed by atoms with van der Waals surface area (Å²) in [7, 11) is 3.24. The molecule has 6 rings (SSSR count). The van der Waals surface area contributed by atoms with Gasteiger partial charge in [0.1, 0.15) is 50.7 Å². The lowest BCUT2D eigenvalue weighted by molar-refractivity contribution is 0.0203. The standard InChI is InChI=1S/C28H45N3O6.C15H21ClN2O3.C13H23NO3/c1-19-12-13-22-23(34-8)17-20(29-24(22)31(19)26(33)37-28(5,6)7)11-9-10-16-35-21-14-15-30(18-21)25(32)36-27(2,3)4;1-9-6-7-10-11(20-5)8-12(16)17-13(10)18(9)14(19)21-15(2,3)4;1-5-6-9-16-11-7-8-14(10-11)12(15)17-13(2,3)4/h17,19,21H,9-16,18H2,1-8H3;8-9H,6-7H2,1-5H3;5,11H,1,6-10H2,2-4H3/t19?,21-;;11-/m1.1/s1. The molecule has 2 unspecified atom stereocenters. The molecule has 4 amide bonds. The molecule has 0 spiro atoms. The van der Waals surface area contributed by atoms with E-state index in [1.165, 1.54) is 0 Å². The minimum Gasteiger partial charge on any atom is -0.496 e. The van der Waals surface area contributed by atoms with Crippen molar-refractivity contribution in [2.75, 3.05) is 63.4 Å². The molecule has 0 N–H and O–H groups in total. The van der Waals surface area contributed by atoms with E-state index >= 15 is 0 Å². The lowest BCUT2D eigenvalue weighted by Crippen LogP contribution is -2.45. The average molecular weight is 1070 g/mol. The van der Waals surface area contributed by atoms with Gasteiger partial charge in [-0.3, -0.25) is 9.80 Å². The molecule has 2 aromatic rings. The van der Waals surface area contributed by atoms with E-state index in [4.69, 9.17) is 54.5 Å². The number of carbonyl (C=O) groups is 4. The van der Waals surface area contributed by atoms with Gasteiger partial charge in [0.05, 0.1) is 46.1 Å². The summed E-state index contributed by atoms with van der Waals surface area (Å²) >= 11 is 6.04. The Bertz CT molecular complexity index is 2240. The average Bonchev–Trinajstić information content (AvgIpc) is 3.97. The highest BCUT2D eigenvalue weighted by Gasteiger charge is 2.37. The van der Waals surface area contributed by atoms with E-state index in [1.54, 1.807) is 39.9 Å². The number of aromatic nitrogens is 2. The summed E-state index contributed by atoms with van der Waals surface area (Å²) < 4.78 is 44.6. The Balaban J connectivity index is 0.000000269. The Morgan fingerprint density at radius 2 is 1.03 bits per heavy atom. The molecule has 422 valence electrons. The minimum atomic E-state index is -0.584. The van der Waals surface area contributed by atoms with Crippen LogP contribution in [0.3, 0.4) is 0 Å². The molecule has 19 heteroatoms. The van der Waals surface area contributed by atoms with Gasteiger partial charge in [-0.15, -0.1) is 6.58 Å². The first kappa shape index (κ1) is 62.5. The van der Waals surface area contributed by atoms with E-state index in [9.17, 15) is 19.2 Å². The molecule has 4 aliphatic rings. The molecule has 2 fully saturated rings. The fraction of sp³-hybridized carbons (Fsp3) is 0.714. The Kier molecular flexibility index (Phi) is 22.7. The number of likely N-dealkylation sites (tertiary alicyclic amines) is 2. The SMILES string of the molecule is C=CCCO[C@@H]1CCN(C(=O)OC(C)(C)C)C1.COc1cc(CCCCO[C@@H]2CCN(C(=O)OC(C)(C)C)C2)nc2c1CCC(C)N2C(=O)OC(C)(C)C.COc1cc(Cl)nc2c1CCC(C)N2C(=O)OC(C)(C)C. The fourth-order valence-corrected chi connectivity index (χ4v) is 8.86. The maximum Gasteiger partial charge on any atom is 0.416 e. The predicted octanol–water partition coefficient (Wildman–Crippen LogP) is 11.9. The number of nitrogens with zero attached hydrogens (tertiary/aromatic N) is 6. The van der Waals surface area contributed by atoms with E-state index in [2.05, 4.69) is 11.6 Å². The zero-order chi connectivity index (χ0) is 56.1. The van der Waals surface area contributed by atoms with Crippen molar-refractivity contribution < 1.29 is 57.1 Å². The first-order valence-electron chi connectivity index (χ1n) is 26.6. The van der Waals surface area contributed by atoms with Crippen LogP contribution < -0.4 is 19.3 Å². The number of pyridine rings is 2. The maximum atomic E-state index is 13.0. The van der Waals surface area contributed by atoms with Gasteiger partial charge in [0.15, 0.2) is 0 Å². The number of ether oxygens (including phenoxy) is 8. The molecule has 2 saturated heterocycles. The molecule has 2 aromatic heterocycles. The maximum absolute atomic E-state index is 13.0. The number of fused-ring (bicyclic) bond motifs is 2. The summed E-state index contributed by atoms with van der Waals surface area (Å²) in [5, 5.41) is 0.299. The number of carbonyl (C=O) groups excluding carboxylic acids is 4. The van der Waals surface area contributed by atoms with Crippen molar-refractivity contribution in [2.24, 2.45) is 0 Å². The van der Waals surface area contributed by atoms with Crippen LogP contribution in [0.25, 0.3) is 0 Å². The van der Waals surface area contributed by atoms with Gasteiger partial charge in [-0.2, -0.15) is 0 Å². The predicted molar refractivity (Wildman–Crippen MR) is 292 cm³/mol. The van der Waals surface area contributed by atoms with Crippen LogP contribution in [0.15, 0.2) is 24.8 Å². The number of methoxy groups -OCH3 is 2. The zero-order valence-corrected chi connectivity index (χ0v) is 48.8. The second-order valence-corrected chi connectivity index (χ2v) is 23.9. The first-order valence-corrected chi connectivity index (χ1v) is 26.9. The van der Waals surface area contributed by atoms with Crippen molar-refractivity contribution in [3.63, 3.8) is 0 Å². The number of amides is 4.